The van der Waals surface area contributed by atoms with Gasteiger partial charge in [-0.3, -0.25) is 4.57 Å². The van der Waals surface area contributed by atoms with Gasteiger partial charge in [0, 0.05) is 18.3 Å². The molecule has 1 aliphatic heterocycles. The van der Waals surface area contributed by atoms with Gasteiger partial charge in [-0.25, -0.2) is 0 Å². The summed E-state index contributed by atoms with van der Waals surface area (Å²) < 4.78 is 7.72. The topological polar surface area (TPSA) is 47.1 Å². The number of hydrogen-bond acceptors (Lipinski definition) is 5. The zero-order valence-electron chi connectivity index (χ0n) is 13.5. The van der Waals surface area contributed by atoms with Crippen molar-refractivity contribution in [1.29, 1.82) is 0 Å². The lowest BCUT2D eigenvalue weighted by Gasteiger charge is -2.31. The third-order valence-electron chi connectivity index (χ3n) is 4.00. The van der Waals surface area contributed by atoms with Crippen molar-refractivity contribution in [3.63, 3.8) is 0 Å². The number of thioether (sulfide) groups is 1. The SMILES string of the molecule is CC1CCN(c2nnc(SC(C)C)n2Cc2ccco2)CC1. The van der Waals surface area contributed by atoms with Crippen molar-refractivity contribution in [2.45, 2.75) is 50.6 Å². The second-order valence-corrected chi connectivity index (χ2v) is 7.83. The Hall–Kier alpha value is -1.43. The average Bonchev–Trinajstić information content (AvgIpc) is 3.11. The number of hydrogen-bond donors (Lipinski definition) is 0. The van der Waals surface area contributed by atoms with Crippen molar-refractivity contribution in [2.75, 3.05) is 18.0 Å². The molecule has 3 heterocycles. The lowest BCUT2D eigenvalue weighted by molar-refractivity contribution is 0.427. The Labute approximate surface area is 136 Å². The fourth-order valence-corrected chi connectivity index (χ4v) is 3.50. The van der Waals surface area contributed by atoms with Gasteiger partial charge in [-0.1, -0.05) is 32.5 Å². The molecule has 1 saturated heterocycles. The highest BCUT2D eigenvalue weighted by atomic mass is 32.2. The molecule has 0 spiro atoms. The predicted octanol–water partition coefficient (Wildman–Crippen LogP) is 3.66. The minimum Gasteiger partial charge on any atom is -0.467 e. The standard InChI is InChI=1S/C16H24N4OS/c1-12(2)22-16-18-17-15(19-8-6-13(3)7-9-19)20(16)11-14-5-4-10-21-14/h4-5,10,12-13H,6-9,11H2,1-3H3. The fourth-order valence-electron chi connectivity index (χ4n) is 2.72. The number of nitrogens with zero attached hydrogens (tertiary/aromatic N) is 4. The Morgan fingerprint density at radius 2 is 2.09 bits per heavy atom. The molecule has 0 atom stereocenters. The number of anilines is 1. The van der Waals surface area contributed by atoms with Gasteiger partial charge in [0.25, 0.3) is 0 Å². The Morgan fingerprint density at radius 3 is 2.73 bits per heavy atom. The molecule has 0 unspecified atom stereocenters. The Bertz CT molecular complexity index is 585. The minimum absolute atomic E-state index is 0.480. The van der Waals surface area contributed by atoms with Gasteiger partial charge in [0.1, 0.15) is 5.76 Å². The Balaban J connectivity index is 1.86. The van der Waals surface area contributed by atoms with Crippen LogP contribution in [-0.4, -0.2) is 33.1 Å². The molecular weight excluding hydrogens is 296 g/mol. The molecule has 5 nitrogen and oxygen atoms in total. The smallest absolute Gasteiger partial charge is 0.228 e. The molecule has 0 saturated carbocycles. The molecule has 3 rings (SSSR count). The summed E-state index contributed by atoms with van der Waals surface area (Å²) in [5.74, 6) is 2.73. The van der Waals surface area contributed by atoms with Crippen LogP contribution >= 0.6 is 11.8 Å². The van der Waals surface area contributed by atoms with Crippen LogP contribution in [0.1, 0.15) is 39.4 Å². The van der Waals surface area contributed by atoms with Crippen LogP contribution in [0.3, 0.4) is 0 Å². The van der Waals surface area contributed by atoms with Crippen LogP contribution in [0.4, 0.5) is 5.95 Å². The third kappa shape index (κ3) is 3.48. The largest absolute Gasteiger partial charge is 0.467 e. The molecule has 0 radical (unpaired) electrons. The summed E-state index contributed by atoms with van der Waals surface area (Å²) in [6.45, 7) is 9.49. The van der Waals surface area contributed by atoms with Crippen molar-refractivity contribution in [2.24, 2.45) is 5.92 Å². The number of rotatable bonds is 5. The van der Waals surface area contributed by atoms with Crippen molar-refractivity contribution in [3.05, 3.63) is 24.2 Å². The third-order valence-corrected chi connectivity index (χ3v) is 4.98. The maximum Gasteiger partial charge on any atom is 0.228 e. The van der Waals surface area contributed by atoms with Gasteiger partial charge in [-0.15, -0.1) is 10.2 Å². The van der Waals surface area contributed by atoms with Gasteiger partial charge in [0.2, 0.25) is 5.95 Å². The molecule has 0 N–H and O–H groups in total. The highest BCUT2D eigenvalue weighted by molar-refractivity contribution is 7.99. The summed E-state index contributed by atoms with van der Waals surface area (Å²) in [6, 6.07) is 3.93. The Morgan fingerprint density at radius 1 is 1.32 bits per heavy atom. The van der Waals surface area contributed by atoms with E-state index in [-0.39, 0.29) is 0 Å². The van der Waals surface area contributed by atoms with E-state index < -0.39 is 0 Å². The molecule has 1 aliphatic rings. The van der Waals surface area contributed by atoms with Crippen LogP contribution < -0.4 is 4.90 Å². The van der Waals surface area contributed by atoms with E-state index in [0.717, 1.165) is 35.9 Å². The highest BCUT2D eigenvalue weighted by Gasteiger charge is 2.23. The van der Waals surface area contributed by atoms with E-state index in [4.69, 9.17) is 4.42 Å². The first-order chi connectivity index (χ1) is 10.6. The second kappa shape index (κ2) is 6.77. The van der Waals surface area contributed by atoms with E-state index in [0.29, 0.717) is 11.8 Å². The van der Waals surface area contributed by atoms with Gasteiger partial charge in [-0.2, -0.15) is 0 Å². The van der Waals surface area contributed by atoms with Gasteiger partial charge in [0.05, 0.1) is 12.8 Å². The van der Waals surface area contributed by atoms with Gasteiger partial charge < -0.3 is 9.32 Å². The lowest BCUT2D eigenvalue weighted by atomic mass is 10.00. The number of aromatic nitrogens is 3. The first kappa shape index (κ1) is 15.5. The first-order valence-electron chi connectivity index (χ1n) is 8.00. The fraction of sp³-hybridized carbons (Fsp3) is 0.625. The van der Waals surface area contributed by atoms with Gasteiger partial charge >= 0.3 is 0 Å². The predicted molar refractivity (Wildman–Crippen MR) is 89.4 cm³/mol. The average molecular weight is 320 g/mol. The van der Waals surface area contributed by atoms with E-state index >= 15 is 0 Å². The van der Waals surface area contributed by atoms with Crippen LogP contribution in [0.2, 0.25) is 0 Å². The molecule has 120 valence electrons. The zero-order valence-corrected chi connectivity index (χ0v) is 14.3. The first-order valence-corrected chi connectivity index (χ1v) is 8.88. The minimum atomic E-state index is 0.480. The van der Waals surface area contributed by atoms with Crippen molar-refractivity contribution in [3.8, 4) is 0 Å². The molecule has 1 fully saturated rings. The molecule has 2 aromatic heterocycles. The van der Waals surface area contributed by atoms with Crippen LogP contribution in [0, 0.1) is 5.92 Å². The molecule has 22 heavy (non-hydrogen) atoms. The summed E-state index contributed by atoms with van der Waals surface area (Å²) in [7, 11) is 0. The maximum atomic E-state index is 5.52. The van der Waals surface area contributed by atoms with Gasteiger partial charge in [-0.05, 0) is 30.9 Å². The van der Waals surface area contributed by atoms with Crippen molar-refractivity contribution < 1.29 is 4.42 Å². The molecule has 0 bridgehead atoms. The Kier molecular flexibility index (Phi) is 4.76. The van der Waals surface area contributed by atoms with Crippen LogP contribution in [0.15, 0.2) is 28.0 Å². The molecule has 0 aliphatic carbocycles. The van der Waals surface area contributed by atoms with Crippen molar-refractivity contribution in [1.82, 2.24) is 14.8 Å². The molecular formula is C16H24N4OS. The van der Waals surface area contributed by atoms with Gasteiger partial charge in [0.15, 0.2) is 5.16 Å². The summed E-state index contributed by atoms with van der Waals surface area (Å²) >= 11 is 1.75. The van der Waals surface area contributed by atoms with E-state index in [2.05, 4.69) is 40.4 Å². The maximum absolute atomic E-state index is 5.52. The number of piperidine rings is 1. The van der Waals surface area contributed by atoms with Crippen molar-refractivity contribution >= 4 is 17.7 Å². The molecule has 0 amide bonds. The van der Waals surface area contributed by atoms with E-state index in [1.54, 1.807) is 18.0 Å². The summed E-state index contributed by atoms with van der Waals surface area (Å²) in [5.41, 5.74) is 0. The summed E-state index contributed by atoms with van der Waals surface area (Å²) in [6.07, 6.45) is 4.16. The van der Waals surface area contributed by atoms with E-state index in [1.807, 2.05) is 12.1 Å². The summed E-state index contributed by atoms with van der Waals surface area (Å²) in [4.78, 5) is 2.36. The van der Waals surface area contributed by atoms with E-state index in [9.17, 15) is 0 Å². The lowest BCUT2D eigenvalue weighted by Crippen LogP contribution is -2.35. The van der Waals surface area contributed by atoms with Crippen LogP contribution in [0.25, 0.3) is 0 Å². The van der Waals surface area contributed by atoms with Crippen LogP contribution in [-0.2, 0) is 6.54 Å². The summed E-state index contributed by atoms with van der Waals surface area (Å²) in [5, 5.41) is 10.4. The second-order valence-electron chi connectivity index (χ2n) is 6.28. The molecule has 2 aromatic rings. The normalized spacial score (nSPS) is 16.6. The monoisotopic (exact) mass is 320 g/mol. The quantitative estimate of drug-likeness (QED) is 0.787. The number of furan rings is 1. The highest BCUT2D eigenvalue weighted by Crippen LogP contribution is 2.28. The zero-order chi connectivity index (χ0) is 15.5. The van der Waals surface area contributed by atoms with Crippen LogP contribution in [0.5, 0.6) is 0 Å². The van der Waals surface area contributed by atoms with E-state index in [1.165, 1.54) is 12.8 Å². The molecule has 6 heteroatoms. The molecule has 0 aromatic carbocycles.